The molecule has 2 nitrogen and oxygen atoms in total. The molecule has 3 N–H and O–H groups in total. The van der Waals surface area contributed by atoms with Crippen molar-refractivity contribution in [2.45, 2.75) is 39.2 Å². The summed E-state index contributed by atoms with van der Waals surface area (Å²) >= 11 is 0. The van der Waals surface area contributed by atoms with E-state index in [1.807, 2.05) is 19.1 Å². The van der Waals surface area contributed by atoms with Gasteiger partial charge in [-0.05, 0) is 30.5 Å². The molecule has 1 atom stereocenters. The van der Waals surface area contributed by atoms with Crippen LogP contribution in [0.3, 0.4) is 0 Å². The molecule has 0 saturated heterocycles. The highest BCUT2D eigenvalue weighted by atomic mass is 16.3. The van der Waals surface area contributed by atoms with Gasteiger partial charge in [-0.15, -0.1) is 0 Å². The zero-order valence-electron chi connectivity index (χ0n) is 8.96. The molecule has 0 radical (unpaired) electrons. The van der Waals surface area contributed by atoms with E-state index in [4.69, 9.17) is 5.73 Å². The Morgan fingerprint density at radius 1 is 1.43 bits per heavy atom. The Bertz CT molecular complexity index is 296. The van der Waals surface area contributed by atoms with E-state index >= 15 is 0 Å². The van der Waals surface area contributed by atoms with E-state index in [0.717, 1.165) is 30.4 Å². The van der Waals surface area contributed by atoms with Gasteiger partial charge in [0.1, 0.15) is 5.75 Å². The molecule has 1 aromatic rings. The molecule has 0 saturated carbocycles. The minimum atomic E-state index is 0.0569. The summed E-state index contributed by atoms with van der Waals surface area (Å²) in [4.78, 5) is 0. The van der Waals surface area contributed by atoms with Gasteiger partial charge in [0.15, 0.2) is 0 Å². The second-order valence-corrected chi connectivity index (χ2v) is 3.79. The lowest BCUT2D eigenvalue weighted by atomic mass is 10.0. The first-order chi connectivity index (χ1) is 6.65. The first kappa shape index (κ1) is 11.1. The van der Waals surface area contributed by atoms with Crippen molar-refractivity contribution in [3.8, 4) is 5.75 Å². The maximum Gasteiger partial charge on any atom is 0.118 e. The second kappa shape index (κ2) is 5.01. The smallest absolute Gasteiger partial charge is 0.118 e. The summed E-state index contributed by atoms with van der Waals surface area (Å²) in [6.07, 6.45) is 3.28. The zero-order valence-corrected chi connectivity index (χ0v) is 8.96. The van der Waals surface area contributed by atoms with Gasteiger partial charge in [0.25, 0.3) is 0 Å². The number of rotatable bonds is 4. The van der Waals surface area contributed by atoms with Crippen molar-refractivity contribution in [1.29, 1.82) is 0 Å². The van der Waals surface area contributed by atoms with E-state index in [1.165, 1.54) is 0 Å². The molecule has 0 aliphatic heterocycles. The van der Waals surface area contributed by atoms with E-state index in [2.05, 4.69) is 6.92 Å². The van der Waals surface area contributed by atoms with Gasteiger partial charge in [0.05, 0.1) is 0 Å². The fourth-order valence-corrected chi connectivity index (χ4v) is 1.45. The van der Waals surface area contributed by atoms with E-state index in [1.54, 1.807) is 6.07 Å². The van der Waals surface area contributed by atoms with Gasteiger partial charge in [-0.2, -0.15) is 0 Å². The number of phenolic OH excluding ortho intramolecular Hbond substituents is 1. The minimum absolute atomic E-state index is 0.0569. The largest absolute Gasteiger partial charge is 0.508 e. The van der Waals surface area contributed by atoms with Crippen LogP contribution < -0.4 is 5.73 Å². The third-order valence-electron chi connectivity index (χ3n) is 2.53. The molecule has 0 fully saturated rings. The highest BCUT2D eigenvalue weighted by Gasteiger charge is 2.06. The van der Waals surface area contributed by atoms with Crippen molar-refractivity contribution in [2.75, 3.05) is 0 Å². The van der Waals surface area contributed by atoms with Gasteiger partial charge < -0.3 is 10.8 Å². The number of hydrogen-bond donors (Lipinski definition) is 2. The van der Waals surface area contributed by atoms with Crippen molar-refractivity contribution < 1.29 is 5.11 Å². The van der Waals surface area contributed by atoms with Crippen LogP contribution in [0.4, 0.5) is 0 Å². The number of phenols is 1. The lowest BCUT2D eigenvalue weighted by Crippen LogP contribution is -2.09. The molecular formula is C12H19NO. The molecule has 0 aromatic heterocycles. The fourth-order valence-electron chi connectivity index (χ4n) is 1.45. The van der Waals surface area contributed by atoms with Crippen molar-refractivity contribution >= 4 is 0 Å². The Labute approximate surface area is 85.8 Å². The third-order valence-corrected chi connectivity index (χ3v) is 2.53. The molecule has 0 aliphatic carbocycles. The molecule has 0 spiro atoms. The van der Waals surface area contributed by atoms with Crippen molar-refractivity contribution in [3.63, 3.8) is 0 Å². The van der Waals surface area contributed by atoms with Crippen LogP contribution in [0, 0.1) is 6.92 Å². The Morgan fingerprint density at radius 3 is 2.71 bits per heavy atom. The summed E-state index contributed by atoms with van der Waals surface area (Å²) in [5.41, 5.74) is 7.92. The Balaban J connectivity index is 2.70. The molecule has 0 unspecified atom stereocenters. The molecule has 1 aromatic carbocycles. The summed E-state index contributed by atoms with van der Waals surface area (Å²) in [5, 5.41) is 9.52. The summed E-state index contributed by atoms with van der Waals surface area (Å²) in [6.45, 7) is 4.04. The van der Waals surface area contributed by atoms with E-state index in [9.17, 15) is 5.11 Å². The maximum atomic E-state index is 9.52. The van der Waals surface area contributed by atoms with Crippen LogP contribution in [-0.2, 0) is 0 Å². The molecule has 1 rings (SSSR count). The standard InChI is InChI=1S/C12H19NO/c1-3-4-5-11(13)10-7-6-9(2)12(14)8-10/h6-8,11,14H,3-5,13H2,1-2H3/t11-/m1/s1. The van der Waals surface area contributed by atoms with Crippen LogP contribution in [0.2, 0.25) is 0 Å². The van der Waals surface area contributed by atoms with Gasteiger partial charge in [-0.1, -0.05) is 31.9 Å². The molecule has 0 aliphatic rings. The molecule has 0 amide bonds. The third kappa shape index (κ3) is 2.74. The number of aromatic hydroxyl groups is 1. The van der Waals surface area contributed by atoms with Crippen molar-refractivity contribution in [3.05, 3.63) is 29.3 Å². The average molecular weight is 193 g/mol. The zero-order chi connectivity index (χ0) is 10.6. The van der Waals surface area contributed by atoms with Gasteiger partial charge in [-0.25, -0.2) is 0 Å². The Hall–Kier alpha value is -1.02. The van der Waals surface area contributed by atoms with Crippen LogP contribution >= 0.6 is 0 Å². The van der Waals surface area contributed by atoms with Gasteiger partial charge in [-0.3, -0.25) is 0 Å². The first-order valence-electron chi connectivity index (χ1n) is 5.20. The maximum absolute atomic E-state index is 9.52. The number of hydrogen-bond acceptors (Lipinski definition) is 2. The SMILES string of the molecule is CCCC[C@@H](N)c1ccc(C)c(O)c1. The normalized spacial score (nSPS) is 12.8. The average Bonchev–Trinajstić information content (AvgIpc) is 2.18. The van der Waals surface area contributed by atoms with Crippen molar-refractivity contribution in [2.24, 2.45) is 5.73 Å². The Kier molecular flexibility index (Phi) is 3.96. The topological polar surface area (TPSA) is 46.2 Å². The van der Waals surface area contributed by atoms with Gasteiger partial charge >= 0.3 is 0 Å². The van der Waals surface area contributed by atoms with Crippen LogP contribution in [-0.4, -0.2) is 5.11 Å². The Morgan fingerprint density at radius 2 is 2.14 bits per heavy atom. The monoisotopic (exact) mass is 193 g/mol. The predicted octanol–water partition coefficient (Wildman–Crippen LogP) is 2.89. The summed E-state index contributed by atoms with van der Waals surface area (Å²) in [5.74, 6) is 0.342. The fraction of sp³-hybridized carbons (Fsp3) is 0.500. The van der Waals surface area contributed by atoms with Crippen molar-refractivity contribution in [1.82, 2.24) is 0 Å². The summed E-state index contributed by atoms with van der Waals surface area (Å²) in [7, 11) is 0. The van der Waals surface area contributed by atoms with Crippen LogP contribution in [0.15, 0.2) is 18.2 Å². The lowest BCUT2D eigenvalue weighted by Gasteiger charge is -2.12. The van der Waals surface area contributed by atoms with E-state index in [-0.39, 0.29) is 6.04 Å². The van der Waals surface area contributed by atoms with Gasteiger partial charge in [0, 0.05) is 6.04 Å². The minimum Gasteiger partial charge on any atom is -0.508 e. The molecular weight excluding hydrogens is 174 g/mol. The molecule has 78 valence electrons. The first-order valence-corrected chi connectivity index (χ1v) is 5.20. The molecule has 2 heteroatoms. The van der Waals surface area contributed by atoms with Crippen LogP contribution in [0.1, 0.15) is 43.4 Å². The molecule has 0 heterocycles. The van der Waals surface area contributed by atoms with E-state index in [0.29, 0.717) is 5.75 Å². The quantitative estimate of drug-likeness (QED) is 0.772. The highest BCUT2D eigenvalue weighted by Crippen LogP contribution is 2.23. The number of benzene rings is 1. The molecule has 0 bridgehead atoms. The van der Waals surface area contributed by atoms with Crippen LogP contribution in [0.5, 0.6) is 5.75 Å². The summed E-state index contributed by atoms with van der Waals surface area (Å²) in [6, 6.07) is 5.74. The summed E-state index contributed by atoms with van der Waals surface area (Å²) < 4.78 is 0. The number of unbranched alkanes of at least 4 members (excludes halogenated alkanes) is 1. The van der Waals surface area contributed by atoms with Gasteiger partial charge in [0.2, 0.25) is 0 Å². The second-order valence-electron chi connectivity index (χ2n) is 3.79. The predicted molar refractivity (Wildman–Crippen MR) is 59.3 cm³/mol. The highest BCUT2D eigenvalue weighted by molar-refractivity contribution is 5.36. The lowest BCUT2D eigenvalue weighted by molar-refractivity contribution is 0.468. The number of aryl methyl sites for hydroxylation is 1. The number of nitrogens with two attached hydrogens (primary N) is 1. The molecule has 14 heavy (non-hydrogen) atoms. The van der Waals surface area contributed by atoms with E-state index < -0.39 is 0 Å². The van der Waals surface area contributed by atoms with Crippen LogP contribution in [0.25, 0.3) is 0 Å².